The van der Waals surface area contributed by atoms with Gasteiger partial charge in [0.05, 0.1) is 22.9 Å². The number of hydrogen-bond acceptors (Lipinski definition) is 7. The molecule has 0 unspecified atom stereocenters. The van der Waals surface area contributed by atoms with Crippen molar-refractivity contribution in [2.24, 2.45) is 0 Å². The molecule has 0 bridgehead atoms. The van der Waals surface area contributed by atoms with Crippen LogP contribution in [0.5, 0.6) is 0 Å². The fourth-order valence-electron chi connectivity index (χ4n) is 2.43. The molecule has 3 heterocycles. The summed E-state index contributed by atoms with van der Waals surface area (Å²) >= 11 is 1.48. The third-order valence-corrected chi connectivity index (χ3v) is 4.68. The van der Waals surface area contributed by atoms with Crippen LogP contribution in [0.15, 0.2) is 30.6 Å². The van der Waals surface area contributed by atoms with E-state index in [4.69, 9.17) is 5.11 Å². The minimum Gasteiger partial charge on any atom is -0.395 e. The maximum Gasteiger partial charge on any atom is 0.271 e. The highest BCUT2D eigenvalue weighted by atomic mass is 32.1. The van der Waals surface area contributed by atoms with Gasteiger partial charge in [-0.15, -0.1) is 11.3 Å². The fraction of sp³-hybridized carbons (Fsp3) is 0.368. The maximum absolute atomic E-state index is 12.4. The molecule has 0 saturated heterocycles. The van der Waals surface area contributed by atoms with Crippen LogP contribution < -0.4 is 10.6 Å². The van der Waals surface area contributed by atoms with Crippen molar-refractivity contribution in [2.75, 3.05) is 18.5 Å². The van der Waals surface area contributed by atoms with Gasteiger partial charge in [-0.2, -0.15) is 0 Å². The molecule has 1 atom stereocenters. The van der Waals surface area contributed by atoms with Crippen LogP contribution in [0, 0.1) is 6.92 Å². The van der Waals surface area contributed by atoms with Crippen molar-refractivity contribution < 1.29 is 9.90 Å². The first-order valence-corrected chi connectivity index (χ1v) is 9.74. The highest BCUT2D eigenvalue weighted by Crippen LogP contribution is 2.28. The predicted octanol–water partition coefficient (Wildman–Crippen LogP) is 3.32. The van der Waals surface area contributed by atoms with E-state index >= 15 is 0 Å². The van der Waals surface area contributed by atoms with Crippen LogP contribution in [0.4, 0.5) is 5.95 Å². The first-order chi connectivity index (χ1) is 13.1. The number of thiophene rings is 1. The molecule has 0 aliphatic carbocycles. The van der Waals surface area contributed by atoms with Gasteiger partial charge in [-0.05, 0) is 31.5 Å². The normalized spacial score (nSPS) is 11.4. The number of nitrogens with one attached hydrogen (secondary N) is 2. The average Bonchev–Trinajstić information content (AvgIpc) is 3.07. The SMILES string of the molecule is CC.Cc1cc2nc(N[C@@H](C)c3cccnc3)nc(C(=O)NCCO)c2s1. The van der Waals surface area contributed by atoms with Crippen LogP contribution in [-0.2, 0) is 0 Å². The summed E-state index contributed by atoms with van der Waals surface area (Å²) in [6, 6.07) is 5.71. The van der Waals surface area contributed by atoms with Gasteiger partial charge in [0, 0.05) is 23.8 Å². The van der Waals surface area contributed by atoms with E-state index in [1.54, 1.807) is 12.4 Å². The van der Waals surface area contributed by atoms with E-state index < -0.39 is 0 Å². The number of hydrogen-bond donors (Lipinski definition) is 3. The summed E-state index contributed by atoms with van der Waals surface area (Å²) in [6.07, 6.45) is 3.50. The summed E-state index contributed by atoms with van der Waals surface area (Å²) < 4.78 is 0.743. The fourth-order valence-corrected chi connectivity index (χ4v) is 3.37. The minimum absolute atomic E-state index is 0.0563. The summed E-state index contributed by atoms with van der Waals surface area (Å²) in [5, 5.41) is 14.8. The van der Waals surface area contributed by atoms with E-state index in [1.807, 2.05) is 45.9 Å². The molecule has 0 fully saturated rings. The second kappa shape index (κ2) is 9.94. The topological polar surface area (TPSA) is 100 Å². The molecule has 1 amide bonds. The van der Waals surface area contributed by atoms with Gasteiger partial charge in [0.1, 0.15) is 0 Å². The number of aryl methyl sites for hydroxylation is 1. The molecule has 27 heavy (non-hydrogen) atoms. The number of aliphatic hydroxyl groups is 1. The smallest absolute Gasteiger partial charge is 0.271 e. The number of pyridine rings is 1. The molecule has 3 aromatic heterocycles. The van der Waals surface area contributed by atoms with Crippen molar-refractivity contribution in [1.82, 2.24) is 20.3 Å². The Morgan fingerprint density at radius 1 is 1.33 bits per heavy atom. The third-order valence-electron chi connectivity index (χ3n) is 3.64. The summed E-state index contributed by atoms with van der Waals surface area (Å²) in [7, 11) is 0. The number of amides is 1. The van der Waals surface area contributed by atoms with Crippen LogP contribution in [0.2, 0.25) is 0 Å². The Balaban J connectivity index is 0.00000126. The Morgan fingerprint density at radius 3 is 2.78 bits per heavy atom. The van der Waals surface area contributed by atoms with Gasteiger partial charge in [0.25, 0.3) is 5.91 Å². The van der Waals surface area contributed by atoms with Gasteiger partial charge in [0.15, 0.2) is 5.69 Å². The second-order valence-electron chi connectivity index (χ2n) is 5.60. The third kappa shape index (κ3) is 5.21. The van der Waals surface area contributed by atoms with E-state index in [-0.39, 0.29) is 25.1 Å². The van der Waals surface area contributed by atoms with Crippen molar-refractivity contribution >= 4 is 33.4 Å². The largest absolute Gasteiger partial charge is 0.395 e. The van der Waals surface area contributed by atoms with E-state index in [9.17, 15) is 4.79 Å². The zero-order chi connectivity index (χ0) is 19.8. The van der Waals surface area contributed by atoms with Crippen molar-refractivity contribution in [2.45, 2.75) is 33.7 Å². The zero-order valence-corrected chi connectivity index (χ0v) is 16.8. The molecule has 144 valence electrons. The van der Waals surface area contributed by atoms with Crippen LogP contribution in [0.25, 0.3) is 10.2 Å². The standard InChI is InChI=1S/C17H19N5O2S.C2H6/c1-10-8-13-15(25-10)14(16(24)19-6-7-23)22-17(21-13)20-11(2)12-4-3-5-18-9-12;1-2/h3-5,8-9,11,23H,6-7H2,1-2H3,(H,19,24)(H,20,21,22);1-2H3/t11-;/m0./s1. The lowest BCUT2D eigenvalue weighted by atomic mass is 10.1. The molecule has 7 nitrogen and oxygen atoms in total. The Morgan fingerprint density at radius 2 is 2.11 bits per heavy atom. The van der Waals surface area contributed by atoms with E-state index in [0.717, 1.165) is 20.7 Å². The molecule has 3 N–H and O–H groups in total. The maximum atomic E-state index is 12.4. The molecule has 0 aromatic carbocycles. The molecule has 0 aliphatic heterocycles. The van der Waals surface area contributed by atoms with Crippen molar-refractivity contribution in [3.05, 3.63) is 46.7 Å². The van der Waals surface area contributed by atoms with Gasteiger partial charge in [-0.1, -0.05) is 19.9 Å². The molecule has 0 spiro atoms. The van der Waals surface area contributed by atoms with E-state index in [2.05, 4.69) is 25.6 Å². The molecule has 3 rings (SSSR count). The first-order valence-electron chi connectivity index (χ1n) is 8.92. The van der Waals surface area contributed by atoms with Crippen LogP contribution >= 0.6 is 11.3 Å². The molecular formula is C19H25N5O2S. The quantitative estimate of drug-likeness (QED) is 0.600. The Kier molecular flexibility index (Phi) is 7.63. The van der Waals surface area contributed by atoms with E-state index in [1.165, 1.54) is 11.3 Å². The molecule has 0 radical (unpaired) electrons. The Hall–Kier alpha value is -2.58. The summed E-state index contributed by atoms with van der Waals surface area (Å²) in [6.45, 7) is 8.01. The highest BCUT2D eigenvalue weighted by Gasteiger charge is 2.18. The Labute approximate surface area is 162 Å². The molecule has 0 saturated carbocycles. The summed E-state index contributed by atoms with van der Waals surface area (Å²) in [5.74, 6) is 0.0659. The van der Waals surface area contributed by atoms with Gasteiger partial charge in [-0.25, -0.2) is 9.97 Å². The number of nitrogens with zero attached hydrogens (tertiary/aromatic N) is 3. The summed E-state index contributed by atoms with van der Waals surface area (Å²) in [4.78, 5) is 26.5. The first kappa shape index (κ1) is 20.7. The number of carbonyl (C=O) groups excluding carboxylic acids is 1. The van der Waals surface area contributed by atoms with Crippen LogP contribution in [0.1, 0.15) is 47.7 Å². The van der Waals surface area contributed by atoms with E-state index in [0.29, 0.717) is 11.6 Å². The highest BCUT2D eigenvalue weighted by molar-refractivity contribution is 7.19. The molecule has 8 heteroatoms. The van der Waals surface area contributed by atoms with Crippen molar-refractivity contribution in [3.8, 4) is 0 Å². The zero-order valence-electron chi connectivity index (χ0n) is 16.0. The molecule has 0 aliphatic rings. The number of aromatic nitrogens is 3. The number of fused-ring (bicyclic) bond motifs is 1. The lowest BCUT2D eigenvalue weighted by molar-refractivity contribution is 0.0942. The number of rotatable bonds is 6. The molecule has 3 aromatic rings. The van der Waals surface area contributed by atoms with Crippen molar-refractivity contribution in [1.29, 1.82) is 0 Å². The summed E-state index contributed by atoms with van der Waals surface area (Å²) in [5.41, 5.74) is 2.05. The predicted molar refractivity (Wildman–Crippen MR) is 109 cm³/mol. The van der Waals surface area contributed by atoms with Crippen molar-refractivity contribution in [3.63, 3.8) is 0 Å². The second-order valence-corrected chi connectivity index (χ2v) is 6.86. The monoisotopic (exact) mass is 387 g/mol. The van der Waals surface area contributed by atoms with Gasteiger partial charge in [0.2, 0.25) is 5.95 Å². The number of anilines is 1. The minimum atomic E-state index is -0.319. The lowest BCUT2D eigenvalue weighted by Gasteiger charge is -2.14. The Bertz CT molecular complexity index is 882. The van der Waals surface area contributed by atoms with Gasteiger partial charge < -0.3 is 15.7 Å². The number of carbonyl (C=O) groups is 1. The lowest BCUT2D eigenvalue weighted by Crippen LogP contribution is -2.27. The van der Waals surface area contributed by atoms with Gasteiger partial charge >= 0.3 is 0 Å². The average molecular weight is 388 g/mol. The van der Waals surface area contributed by atoms with Gasteiger partial charge in [-0.3, -0.25) is 9.78 Å². The van der Waals surface area contributed by atoms with Crippen LogP contribution in [0.3, 0.4) is 0 Å². The molecular weight excluding hydrogens is 362 g/mol. The van der Waals surface area contributed by atoms with Crippen LogP contribution in [-0.4, -0.2) is 39.1 Å². The number of aliphatic hydroxyl groups excluding tert-OH is 1.